The number of nitrogens with one attached hydrogen (secondary N) is 2. The number of ether oxygens (including phenoxy) is 1. The Bertz CT molecular complexity index is 430. The zero-order valence-electron chi connectivity index (χ0n) is 11.5. The summed E-state index contributed by atoms with van der Waals surface area (Å²) < 4.78 is 4.78. The first-order chi connectivity index (χ1) is 10.0. The number of carbonyl (C=O) groups excluding carboxylic acids is 1. The van der Waals surface area contributed by atoms with E-state index in [4.69, 9.17) is 9.84 Å². The van der Waals surface area contributed by atoms with Crippen molar-refractivity contribution in [3.05, 3.63) is 30.3 Å². The highest BCUT2D eigenvalue weighted by Gasteiger charge is 2.35. The summed E-state index contributed by atoms with van der Waals surface area (Å²) in [5.74, 6) is -0.904. The van der Waals surface area contributed by atoms with Crippen molar-refractivity contribution in [2.45, 2.75) is 24.4 Å². The Kier molecular flexibility index (Phi) is 7.06. The first-order valence-corrected chi connectivity index (χ1v) is 6.30. The van der Waals surface area contributed by atoms with E-state index in [1.54, 1.807) is 30.3 Å². The Morgan fingerprint density at radius 3 is 2.38 bits per heavy atom. The molecule has 0 aliphatic carbocycles. The van der Waals surface area contributed by atoms with Crippen molar-refractivity contribution in [3.63, 3.8) is 0 Å². The SMILES string of the molecule is COC(C(O)CO)C(O)C(O)C(=O)NNc1ccccc1. The van der Waals surface area contributed by atoms with Gasteiger partial charge in [0.1, 0.15) is 18.3 Å². The number of aliphatic hydroxyl groups excluding tert-OH is 4. The molecule has 1 amide bonds. The third kappa shape index (κ3) is 4.96. The molecule has 0 radical (unpaired) electrons. The van der Waals surface area contributed by atoms with Gasteiger partial charge in [-0.1, -0.05) is 18.2 Å². The van der Waals surface area contributed by atoms with Gasteiger partial charge in [0.2, 0.25) is 0 Å². The van der Waals surface area contributed by atoms with Crippen LogP contribution >= 0.6 is 0 Å². The lowest BCUT2D eigenvalue weighted by molar-refractivity contribution is -0.153. The number of hydrogen-bond donors (Lipinski definition) is 6. The molecule has 118 valence electrons. The summed E-state index contributed by atoms with van der Waals surface area (Å²) in [6, 6.07) is 8.68. The van der Waals surface area contributed by atoms with Crippen LogP contribution < -0.4 is 10.9 Å². The van der Waals surface area contributed by atoms with Crippen LogP contribution in [0.3, 0.4) is 0 Å². The third-order valence-corrected chi connectivity index (χ3v) is 2.87. The molecule has 0 aliphatic heterocycles. The highest BCUT2D eigenvalue weighted by molar-refractivity contribution is 5.82. The Morgan fingerprint density at radius 2 is 1.86 bits per heavy atom. The monoisotopic (exact) mass is 300 g/mol. The van der Waals surface area contributed by atoms with Crippen molar-refractivity contribution in [1.29, 1.82) is 0 Å². The minimum absolute atomic E-state index is 0.589. The zero-order chi connectivity index (χ0) is 15.8. The highest BCUT2D eigenvalue weighted by atomic mass is 16.5. The molecule has 8 nitrogen and oxygen atoms in total. The second-order valence-corrected chi connectivity index (χ2v) is 4.37. The van der Waals surface area contributed by atoms with Crippen LogP contribution in [0.4, 0.5) is 5.69 Å². The van der Waals surface area contributed by atoms with Gasteiger partial charge in [-0.15, -0.1) is 0 Å². The van der Waals surface area contributed by atoms with Gasteiger partial charge in [-0.25, -0.2) is 0 Å². The number of hydrogen-bond acceptors (Lipinski definition) is 7. The average molecular weight is 300 g/mol. The van der Waals surface area contributed by atoms with Crippen molar-refractivity contribution in [1.82, 2.24) is 5.43 Å². The fourth-order valence-corrected chi connectivity index (χ4v) is 1.69. The van der Waals surface area contributed by atoms with E-state index in [9.17, 15) is 20.1 Å². The molecule has 0 heterocycles. The Labute approximate surface area is 122 Å². The maximum Gasteiger partial charge on any atom is 0.269 e. The maximum atomic E-state index is 11.7. The minimum Gasteiger partial charge on any atom is -0.394 e. The van der Waals surface area contributed by atoms with Crippen molar-refractivity contribution >= 4 is 11.6 Å². The smallest absolute Gasteiger partial charge is 0.269 e. The number of rotatable bonds is 8. The van der Waals surface area contributed by atoms with Crippen molar-refractivity contribution in [2.75, 3.05) is 19.1 Å². The fraction of sp³-hybridized carbons (Fsp3) is 0.462. The Balaban J connectivity index is 2.56. The normalized spacial score (nSPS) is 16.6. The van der Waals surface area contributed by atoms with E-state index in [2.05, 4.69) is 10.9 Å². The average Bonchev–Trinajstić information content (AvgIpc) is 2.53. The molecule has 1 rings (SSSR count). The summed E-state index contributed by atoms with van der Waals surface area (Å²) in [6.07, 6.45) is -6.26. The number of carbonyl (C=O) groups is 1. The van der Waals surface area contributed by atoms with Crippen molar-refractivity contribution in [3.8, 4) is 0 Å². The van der Waals surface area contributed by atoms with E-state index in [-0.39, 0.29) is 0 Å². The number of hydrazine groups is 1. The lowest BCUT2D eigenvalue weighted by atomic mass is 10.0. The fourth-order valence-electron chi connectivity index (χ4n) is 1.69. The van der Waals surface area contributed by atoms with Crippen LogP contribution in [-0.2, 0) is 9.53 Å². The third-order valence-electron chi connectivity index (χ3n) is 2.87. The van der Waals surface area contributed by atoms with Crippen LogP contribution in [-0.4, -0.2) is 64.5 Å². The number of amides is 1. The summed E-state index contributed by atoms with van der Waals surface area (Å²) in [5.41, 5.74) is 5.36. The zero-order valence-corrected chi connectivity index (χ0v) is 11.5. The molecule has 21 heavy (non-hydrogen) atoms. The van der Waals surface area contributed by atoms with Crippen molar-refractivity contribution < 1.29 is 30.0 Å². The van der Waals surface area contributed by atoms with E-state index >= 15 is 0 Å². The molecule has 0 bridgehead atoms. The summed E-state index contributed by atoms with van der Waals surface area (Å²) >= 11 is 0. The first kappa shape index (κ1) is 17.3. The molecular formula is C13H20N2O6. The van der Waals surface area contributed by atoms with E-state index in [1.165, 1.54) is 7.11 Å². The lowest BCUT2D eigenvalue weighted by Crippen LogP contribution is -2.53. The molecule has 1 aromatic carbocycles. The molecule has 0 fully saturated rings. The molecule has 8 heteroatoms. The van der Waals surface area contributed by atoms with Crippen LogP contribution in [0.15, 0.2) is 30.3 Å². The predicted molar refractivity (Wildman–Crippen MR) is 74.1 cm³/mol. The molecule has 0 saturated heterocycles. The molecule has 0 saturated carbocycles. The van der Waals surface area contributed by atoms with Crippen LogP contribution in [0.5, 0.6) is 0 Å². The number of benzene rings is 1. The highest BCUT2D eigenvalue weighted by Crippen LogP contribution is 2.09. The molecule has 4 atom stereocenters. The van der Waals surface area contributed by atoms with Gasteiger partial charge in [0, 0.05) is 7.11 Å². The largest absolute Gasteiger partial charge is 0.394 e. The van der Waals surface area contributed by atoms with Gasteiger partial charge in [-0.2, -0.15) is 0 Å². The van der Waals surface area contributed by atoms with Crippen molar-refractivity contribution in [2.24, 2.45) is 0 Å². The molecule has 0 aromatic heterocycles. The molecule has 6 N–H and O–H groups in total. The summed E-state index contributed by atoms with van der Waals surface area (Å²) in [7, 11) is 1.18. The standard InChI is InChI=1S/C13H20N2O6/c1-21-12(9(17)7-16)10(18)11(19)13(20)15-14-8-5-3-2-4-6-8/h2-6,9-12,14,16-19H,7H2,1H3,(H,15,20). The number of para-hydroxylation sites is 1. The van der Waals surface area contributed by atoms with Crippen LogP contribution in [0.1, 0.15) is 0 Å². The summed E-state index contributed by atoms with van der Waals surface area (Å²) in [6.45, 7) is -0.674. The quantitative estimate of drug-likeness (QED) is 0.313. The summed E-state index contributed by atoms with van der Waals surface area (Å²) in [4.78, 5) is 11.7. The maximum absolute atomic E-state index is 11.7. The van der Waals surface area contributed by atoms with Gasteiger partial charge < -0.3 is 25.2 Å². The van der Waals surface area contributed by atoms with Gasteiger partial charge in [0.25, 0.3) is 5.91 Å². The first-order valence-electron chi connectivity index (χ1n) is 6.30. The second-order valence-electron chi connectivity index (χ2n) is 4.37. The Hall–Kier alpha value is -1.71. The topological polar surface area (TPSA) is 131 Å². The van der Waals surface area contributed by atoms with E-state index < -0.39 is 36.9 Å². The molecule has 1 aromatic rings. The van der Waals surface area contributed by atoms with Gasteiger partial charge in [-0.05, 0) is 12.1 Å². The molecule has 0 aliphatic rings. The second kappa shape index (κ2) is 8.55. The summed E-state index contributed by atoms with van der Waals surface area (Å²) in [5, 5.41) is 37.8. The lowest BCUT2D eigenvalue weighted by Gasteiger charge is -2.27. The predicted octanol–water partition coefficient (Wildman–Crippen LogP) is -1.78. The molecule has 4 unspecified atom stereocenters. The number of methoxy groups -OCH3 is 1. The van der Waals surface area contributed by atoms with Gasteiger partial charge >= 0.3 is 0 Å². The van der Waals surface area contributed by atoms with E-state index in [0.29, 0.717) is 5.69 Å². The number of aliphatic hydroxyl groups is 4. The minimum atomic E-state index is -1.84. The number of anilines is 1. The Morgan fingerprint density at radius 1 is 1.24 bits per heavy atom. The van der Waals surface area contributed by atoms with Gasteiger partial charge in [0.15, 0.2) is 6.10 Å². The van der Waals surface area contributed by atoms with Crippen LogP contribution in [0.25, 0.3) is 0 Å². The van der Waals surface area contributed by atoms with E-state index in [1.807, 2.05) is 0 Å². The van der Waals surface area contributed by atoms with Gasteiger partial charge in [-0.3, -0.25) is 15.6 Å². The molecular weight excluding hydrogens is 280 g/mol. The van der Waals surface area contributed by atoms with E-state index in [0.717, 1.165) is 0 Å². The van der Waals surface area contributed by atoms with Crippen LogP contribution in [0.2, 0.25) is 0 Å². The molecule has 0 spiro atoms. The van der Waals surface area contributed by atoms with Crippen LogP contribution in [0, 0.1) is 0 Å². The van der Waals surface area contributed by atoms with Gasteiger partial charge in [0.05, 0.1) is 12.3 Å².